The Kier molecular flexibility index (Phi) is 2.98. The standard InChI is InChI=1S/C26H20N6/c27-11-1-3-15-19(7-11)31-21-9-14(30)6-18-24-16-4-2-12(28)8-20(16)32-22-10-13(29)5-17(26(22)24)23(15)25(18)21/h1-10,31-32H,27-30H2. The van der Waals surface area contributed by atoms with Crippen LogP contribution in [-0.2, 0) is 0 Å². The molecule has 154 valence electrons. The lowest BCUT2D eigenvalue weighted by Crippen LogP contribution is -1.97. The Morgan fingerprint density at radius 1 is 0.375 bits per heavy atom. The van der Waals surface area contributed by atoms with E-state index < -0.39 is 0 Å². The van der Waals surface area contributed by atoms with E-state index in [-0.39, 0.29) is 0 Å². The van der Waals surface area contributed by atoms with Crippen LogP contribution < -0.4 is 22.9 Å². The molecule has 0 bridgehead atoms. The number of nitrogens with one attached hydrogen (secondary N) is 2. The van der Waals surface area contributed by atoms with Crippen molar-refractivity contribution in [3.8, 4) is 0 Å². The zero-order chi connectivity index (χ0) is 21.7. The predicted octanol–water partition coefficient (Wildman–Crippen LogP) is 5.59. The minimum atomic E-state index is 0.696. The molecule has 6 nitrogen and oxygen atoms in total. The molecule has 0 aliphatic rings. The van der Waals surface area contributed by atoms with Gasteiger partial charge in [-0.05, 0) is 59.3 Å². The number of aromatic nitrogens is 2. The Balaban J connectivity index is 1.94. The smallest absolute Gasteiger partial charge is 0.0491 e. The average molecular weight is 416 g/mol. The number of hydrogen-bond donors (Lipinski definition) is 6. The number of nitrogen functional groups attached to an aromatic ring is 4. The summed E-state index contributed by atoms with van der Waals surface area (Å²) in [6, 6.07) is 20.0. The van der Waals surface area contributed by atoms with Gasteiger partial charge in [0.1, 0.15) is 0 Å². The molecule has 0 unspecified atom stereocenters. The molecule has 0 aliphatic carbocycles. The molecule has 10 N–H and O–H groups in total. The third-order valence-corrected chi connectivity index (χ3v) is 6.52. The summed E-state index contributed by atoms with van der Waals surface area (Å²) < 4.78 is 0. The van der Waals surface area contributed by atoms with Crippen LogP contribution in [0.4, 0.5) is 22.7 Å². The molecule has 0 saturated carbocycles. The maximum atomic E-state index is 6.40. The van der Waals surface area contributed by atoms with Crippen LogP contribution in [0.1, 0.15) is 0 Å². The molecule has 0 aliphatic heterocycles. The minimum Gasteiger partial charge on any atom is -0.399 e. The molecule has 6 heteroatoms. The number of fused-ring (bicyclic) bond motifs is 6. The van der Waals surface area contributed by atoms with E-state index in [4.69, 9.17) is 22.9 Å². The molecule has 0 spiro atoms. The molecule has 7 rings (SSSR count). The monoisotopic (exact) mass is 416 g/mol. The average Bonchev–Trinajstić information content (AvgIpc) is 2.74. The lowest BCUT2D eigenvalue weighted by atomic mass is 9.88. The Bertz CT molecular complexity index is 1780. The van der Waals surface area contributed by atoms with Crippen molar-refractivity contribution in [2.75, 3.05) is 22.9 Å². The first-order valence-electron chi connectivity index (χ1n) is 10.4. The number of pyridine rings is 2. The van der Waals surface area contributed by atoms with E-state index in [0.717, 1.165) is 65.2 Å². The van der Waals surface area contributed by atoms with Gasteiger partial charge in [0.25, 0.3) is 0 Å². The zero-order valence-corrected chi connectivity index (χ0v) is 17.1. The summed E-state index contributed by atoms with van der Waals surface area (Å²) in [5, 5.41) is 8.89. The number of anilines is 4. The third kappa shape index (κ3) is 2.08. The number of aromatic amines is 2. The van der Waals surface area contributed by atoms with Crippen molar-refractivity contribution < 1.29 is 0 Å². The van der Waals surface area contributed by atoms with Gasteiger partial charge in [0.15, 0.2) is 0 Å². The molecule has 0 amide bonds. The molecule has 7 aromatic rings. The van der Waals surface area contributed by atoms with E-state index in [9.17, 15) is 0 Å². The summed E-state index contributed by atoms with van der Waals surface area (Å²) in [7, 11) is 0. The highest BCUT2D eigenvalue weighted by Crippen LogP contribution is 2.46. The van der Waals surface area contributed by atoms with Gasteiger partial charge in [0.2, 0.25) is 0 Å². The summed E-state index contributed by atoms with van der Waals surface area (Å²) in [6.45, 7) is 0. The van der Waals surface area contributed by atoms with Crippen LogP contribution in [0.3, 0.4) is 0 Å². The highest BCUT2D eigenvalue weighted by atomic mass is 14.7. The van der Waals surface area contributed by atoms with Gasteiger partial charge in [-0.15, -0.1) is 0 Å². The fourth-order valence-corrected chi connectivity index (χ4v) is 5.34. The molecular formula is C26H20N6. The van der Waals surface area contributed by atoms with Gasteiger partial charge in [-0.1, -0.05) is 12.1 Å². The van der Waals surface area contributed by atoms with E-state index in [1.807, 2.05) is 36.4 Å². The number of rotatable bonds is 0. The topological polar surface area (TPSA) is 136 Å². The summed E-state index contributed by atoms with van der Waals surface area (Å²) >= 11 is 0. The summed E-state index contributed by atoms with van der Waals surface area (Å²) in [5.74, 6) is 0. The van der Waals surface area contributed by atoms with Crippen molar-refractivity contribution in [2.24, 2.45) is 0 Å². The molecular weight excluding hydrogens is 396 g/mol. The van der Waals surface area contributed by atoms with Crippen molar-refractivity contribution in [1.82, 2.24) is 9.97 Å². The SMILES string of the molecule is Nc1ccc2c(c1)[nH]c1cc(N)cc3c1c2c1cc(N)cc2[nH]c4cc(N)ccc4c3c21. The number of nitrogens with two attached hydrogens (primary N) is 4. The zero-order valence-electron chi connectivity index (χ0n) is 17.1. The quantitative estimate of drug-likeness (QED) is 0.109. The van der Waals surface area contributed by atoms with Gasteiger partial charge in [0.05, 0.1) is 0 Å². The Morgan fingerprint density at radius 2 is 0.781 bits per heavy atom. The maximum Gasteiger partial charge on any atom is 0.0491 e. The number of hydrogen-bond acceptors (Lipinski definition) is 4. The van der Waals surface area contributed by atoms with Gasteiger partial charge >= 0.3 is 0 Å². The second kappa shape index (κ2) is 5.56. The van der Waals surface area contributed by atoms with Crippen molar-refractivity contribution in [3.63, 3.8) is 0 Å². The van der Waals surface area contributed by atoms with Crippen LogP contribution in [0.2, 0.25) is 0 Å². The molecule has 0 fully saturated rings. The van der Waals surface area contributed by atoms with Crippen molar-refractivity contribution in [2.45, 2.75) is 0 Å². The van der Waals surface area contributed by atoms with E-state index in [1.54, 1.807) is 0 Å². The third-order valence-electron chi connectivity index (χ3n) is 6.52. The first-order valence-corrected chi connectivity index (χ1v) is 10.4. The van der Waals surface area contributed by atoms with Crippen molar-refractivity contribution in [3.05, 3.63) is 60.7 Å². The summed E-state index contributed by atoms with van der Waals surface area (Å²) in [6.07, 6.45) is 0. The molecule has 32 heavy (non-hydrogen) atoms. The molecule has 0 saturated heterocycles. The lowest BCUT2D eigenvalue weighted by molar-refractivity contribution is 1.50. The first-order chi connectivity index (χ1) is 15.5. The Hall–Kier alpha value is -4.58. The van der Waals surface area contributed by atoms with Gasteiger partial charge in [0, 0.05) is 77.1 Å². The van der Waals surface area contributed by atoms with Gasteiger partial charge < -0.3 is 32.9 Å². The Morgan fingerprint density at radius 3 is 1.22 bits per heavy atom. The van der Waals surface area contributed by atoms with Crippen LogP contribution in [0.5, 0.6) is 0 Å². The van der Waals surface area contributed by atoms with E-state index in [2.05, 4.69) is 34.2 Å². The fourth-order valence-electron chi connectivity index (χ4n) is 5.34. The summed E-state index contributed by atoms with van der Waals surface area (Å²) in [5.41, 5.74) is 31.6. The fraction of sp³-hybridized carbons (Fsp3) is 0. The predicted molar refractivity (Wildman–Crippen MR) is 138 cm³/mol. The van der Waals surface area contributed by atoms with Crippen LogP contribution in [0, 0.1) is 0 Å². The van der Waals surface area contributed by atoms with Crippen molar-refractivity contribution >= 4 is 87.9 Å². The Labute approximate surface area is 181 Å². The number of H-pyrrole nitrogens is 2. The van der Waals surface area contributed by atoms with Gasteiger partial charge in [-0.3, -0.25) is 0 Å². The molecule has 0 atom stereocenters. The summed E-state index contributed by atoms with van der Waals surface area (Å²) in [4.78, 5) is 7.11. The maximum absolute atomic E-state index is 6.40. The minimum absolute atomic E-state index is 0.696. The second-order valence-corrected chi connectivity index (χ2v) is 8.59. The first kappa shape index (κ1) is 17.1. The van der Waals surface area contributed by atoms with Crippen LogP contribution in [0.25, 0.3) is 65.2 Å². The second-order valence-electron chi connectivity index (χ2n) is 8.59. The molecule has 2 heterocycles. The van der Waals surface area contributed by atoms with E-state index in [1.165, 1.54) is 0 Å². The van der Waals surface area contributed by atoms with Crippen molar-refractivity contribution in [1.29, 1.82) is 0 Å². The normalized spacial score (nSPS) is 12.2. The molecule has 5 aromatic carbocycles. The van der Waals surface area contributed by atoms with Gasteiger partial charge in [-0.2, -0.15) is 0 Å². The lowest BCUT2D eigenvalue weighted by Gasteiger charge is -2.19. The van der Waals surface area contributed by atoms with Crippen LogP contribution in [-0.4, -0.2) is 9.97 Å². The molecule has 0 radical (unpaired) electrons. The van der Waals surface area contributed by atoms with E-state index >= 15 is 0 Å². The highest BCUT2D eigenvalue weighted by Gasteiger charge is 2.19. The highest BCUT2D eigenvalue weighted by molar-refractivity contribution is 6.40. The van der Waals surface area contributed by atoms with Crippen LogP contribution >= 0.6 is 0 Å². The van der Waals surface area contributed by atoms with E-state index in [0.29, 0.717) is 22.7 Å². The largest absolute Gasteiger partial charge is 0.399 e. The molecule has 2 aromatic heterocycles. The van der Waals surface area contributed by atoms with Gasteiger partial charge in [-0.25, -0.2) is 0 Å². The van der Waals surface area contributed by atoms with Crippen LogP contribution in [0.15, 0.2) is 60.7 Å². The number of benzene rings is 5.